The number of carboxylic acids is 1. The number of rotatable bonds is 6. The van der Waals surface area contributed by atoms with Crippen molar-refractivity contribution in [3.05, 3.63) is 22.8 Å². The summed E-state index contributed by atoms with van der Waals surface area (Å²) < 4.78 is 0. The monoisotopic (exact) mass is 272 g/mol. The Hall–Kier alpha value is -1.33. The highest BCUT2D eigenvalue weighted by molar-refractivity contribution is 6.33. The fourth-order valence-corrected chi connectivity index (χ4v) is 1.82. The number of anilines is 1. The standard InChI is InChI=1S/C12H17ClN2O3/c1-7(2)3-8(6-16)15-11-4-9(12(17)18)10(13)5-14-11/h4-5,7-8,16H,3,6H2,1-2H3,(H,14,15)(H,17,18). The molecule has 1 aromatic heterocycles. The van der Waals surface area contributed by atoms with E-state index in [1.807, 2.05) is 13.8 Å². The lowest BCUT2D eigenvalue weighted by Gasteiger charge is -2.19. The molecule has 5 nitrogen and oxygen atoms in total. The van der Waals surface area contributed by atoms with Gasteiger partial charge in [0.05, 0.1) is 23.2 Å². The fraction of sp³-hybridized carbons (Fsp3) is 0.500. The Kier molecular flexibility index (Phi) is 5.37. The molecular weight excluding hydrogens is 256 g/mol. The Bertz CT molecular complexity index is 424. The van der Waals surface area contributed by atoms with Crippen molar-refractivity contribution in [2.45, 2.75) is 26.3 Å². The second-order valence-corrected chi connectivity index (χ2v) is 4.92. The van der Waals surface area contributed by atoms with Gasteiger partial charge in [0, 0.05) is 6.20 Å². The molecule has 0 amide bonds. The van der Waals surface area contributed by atoms with Gasteiger partial charge in [0.15, 0.2) is 0 Å². The molecule has 1 atom stereocenters. The molecule has 0 bridgehead atoms. The van der Waals surface area contributed by atoms with Crippen molar-refractivity contribution in [2.24, 2.45) is 5.92 Å². The van der Waals surface area contributed by atoms with E-state index in [0.29, 0.717) is 11.7 Å². The maximum atomic E-state index is 10.9. The molecule has 18 heavy (non-hydrogen) atoms. The molecule has 0 saturated heterocycles. The molecule has 0 aromatic carbocycles. The summed E-state index contributed by atoms with van der Waals surface area (Å²) in [5, 5.41) is 21.3. The number of aromatic carboxylic acids is 1. The van der Waals surface area contributed by atoms with Crippen molar-refractivity contribution in [1.82, 2.24) is 4.98 Å². The van der Waals surface area contributed by atoms with E-state index in [4.69, 9.17) is 16.7 Å². The second-order valence-electron chi connectivity index (χ2n) is 4.51. The van der Waals surface area contributed by atoms with Gasteiger partial charge in [0.25, 0.3) is 0 Å². The predicted octanol–water partition coefficient (Wildman–Crippen LogP) is 2.25. The molecule has 100 valence electrons. The first-order chi connectivity index (χ1) is 8.43. The fourth-order valence-electron chi connectivity index (χ4n) is 1.64. The van der Waals surface area contributed by atoms with Crippen LogP contribution in [-0.2, 0) is 0 Å². The van der Waals surface area contributed by atoms with Gasteiger partial charge in [-0.3, -0.25) is 0 Å². The van der Waals surface area contributed by atoms with Gasteiger partial charge in [-0.25, -0.2) is 9.78 Å². The van der Waals surface area contributed by atoms with Crippen molar-refractivity contribution in [2.75, 3.05) is 11.9 Å². The summed E-state index contributed by atoms with van der Waals surface area (Å²) in [6, 6.07) is 1.22. The molecule has 1 rings (SSSR count). The topological polar surface area (TPSA) is 82.5 Å². The number of carboxylic acid groups (broad SMARTS) is 1. The zero-order chi connectivity index (χ0) is 13.7. The minimum atomic E-state index is -1.10. The molecule has 0 aliphatic carbocycles. The predicted molar refractivity (Wildman–Crippen MR) is 70.2 cm³/mol. The van der Waals surface area contributed by atoms with Gasteiger partial charge in [0.1, 0.15) is 5.82 Å². The third-order valence-corrected chi connectivity index (χ3v) is 2.72. The van der Waals surface area contributed by atoms with Gasteiger partial charge in [-0.15, -0.1) is 0 Å². The highest BCUT2D eigenvalue weighted by atomic mass is 35.5. The van der Waals surface area contributed by atoms with Crippen LogP contribution in [-0.4, -0.2) is 33.8 Å². The number of halogens is 1. The SMILES string of the molecule is CC(C)CC(CO)Nc1cc(C(=O)O)c(Cl)cn1. The quantitative estimate of drug-likeness (QED) is 0.740. The van der Waals surface area contributed by atoms with Crippen LogP contribution in [0.3, 0.4) is 0 Å². The zero-order valence-electron chi connectivity index (χ0n) is 10.4. The lowest BCUT2D eigenvalue weighted by molar-refractivity contribution is 0.0697. The largest absolute Gasteiger partial charge is 0.478 e. The van der Waals surface area contributed by atoms with Crippen LogP contribution >= 0.6 is 11.6 Å². The number of aliphatic hydroxyl groups excluding tert-OH is 1. The van der Waals surface area contributed by atoms with E-state index in [2.05, 4.69) is 10.3 Å². The summed E-state index contributed by atoms with van der Waals surface area (Å²) in [5.74, 6) is -0.285. The van der Waals surface area contributed by atoms with Crippen LogP contribution < -0.4 is 5.32 Å². The number of aliphatic hydroxyl groups is 1. The van der Waals surface area contributed by atoms with E-state index in [0.717, 1.165) is 6.42 Å². The first-order valence-electron chi connectivity index (χ1n) is 5.70. The molecule has 1 unspecified atom stereocenters. The Morgan fingerprint density at radius 1 is 1.56 bits per heavy atom. The van der Waals surface area contributed by atoms with E-state index in [1.54, 1.807) is 0 Å². The lowest BCUT2D eigenvalue weighted by atomic mass is 10.0. The minimum absolute atomic E-state index is 0.00426. The number of nitrogens with one attached hydrogen (secondary N) is 1. The molecule has 0 fully saturated rings. The highest BCUT2D eigenvalue weighted by Crippen LogP contribution is 2.19. The molecule has 0 saturated carbocycles. The maximum Gasteiger partial charge on any atom is 0.337 e. The molecular formula is C12H17ClN2O3. The van der Waals surface area contributed by atoms with Crippen LogP contribution in [0.4, 0.5) is 5.82 Å². The Morgan fingerprint density at radius 2 is 2.22 bits per heavy atom. The normalized spacial score (nSPS) is 12.5. The van der Waals surface area contributed by atoms with Gasteiger partial charge < -0.3 is 15.5 Å². The van der Waals surface area contributed by atoms with E-state index in [-0.39, 0.29) is 23.2 Å². The van der Waals surface area contributed by atoms with Crippen LogP contribution in [0.5, 0.6) is 0 Å². The summed E-state index contributed by atoms with van der Waals surface area (Å²) in [6.45, 7) is 4.05. The zero-order valence-corrected chi connectivity index (χ0v) is 11.1. The van der Waals surface area contributed by atoms with Crippen molar-refractivity contribution in [1.29, 1.82) is 0 Å². The molecule has 0 aliphatic heterocycles. The van der Waals surface area contributed by atoms with E-state index < -0.39 is 5.97 Å². The highest BCUT2D eigenvalue weighted by Gasteiger charge is 2.14. The number of nitrogens with zero attached hydrogens (tertiary/aromatic N) is 1. The number of hydrogen-bond acceptors (Lipinski definition) is 4. The number of pyridine rings is 1. The molecule has 3 N–H and O–H groups in total. The molecule has 6 heteroatoms. The average molecular weight is 273 g/mol. The van der Waals surface area contributed by atoms with E-state index in [1.165, 1.54) is 12.3 Å². The molecule has 0 spiro atoms. The van der Waals surface area contributed by atoms with Gasteiger partial charge >= 0.3 is 5.97 Å². The summed E-state index contributed by atoms with van der Waals surface area (Å²) in [6.07, 6.45) is 2.06. The number of hydrogen-bond donors (Lipinski definition) is 3. The summed E-state index contributed by atoms with van der Waals surface area (Å²) in [7, 11) is 0. The molecule has 0 aliphatic rings. The summed E-state index contributed by atoms with van der Waals surface area (Å²) in [4.78, 5) is 14.9. The van der Waals surface area contributed by atoms with Crippen molar-refractivity contribution < 1.29 is 15.0 Å². The number of aromatic nitrogens is 1. The third kappa shape index (κ3) is 4.16. The van der Waals surface area contributed by atoms with Gasteiger partial charge in [-0.2, -0.15) is 0 Å². The Morgan fingerprint density at radius 3 is 2.72 bits per heavy atom. The average Bonchev–Trinajstić information content (AvgIpc) is 2.29. The molecule has 1 heterocycles. The lowest BCUT2D eigenvalue weighted by Crippen LogP contribution is -2.26. The minimum Gasteiger partial charge on any atom is -0.478 e. The van der Waals surface area contributed by atoms with Gasteiger partial charge in [0.2, 0.25) is 0 Å². The van der Waals surface area contributed by atoms with Crippen LogP contribution in [0.25, 0.3) is 0 Å². The van der Waals surface area contributed by atoms with Crippen molar-refractivity contribution in [3.8, 4) is 0 Å². The third-order valence-electron chi connectivity index (χ3n) is 2.41. The van der Waals surface area contributed by atoms with E-state index in [9.17, 15) is 9.90 Å². The van der Waals surface area contributed by atoms with Crippen molar-refractivity contribution in [3.63, 3.8) is 0 Å². The summed E-state index contributed by atoms with van der Waals surface area (Å²) in [5.41, 5.74) is -0.00426. The first kappa shape index (κ1) is 14.7. The number of carbonyl (C=O) groups is 1. The van der Waals surface area contributed by atoms with Gasteiger partial charge in [-0.1, -0.05) is 25.4 Å². The Balaban J connectivity index is 2.83. The smallest absolute Gasteiger partial charge is 0.337 e. The van der Waals surface area contributed by atoms with E-state index >= 15 is 0 Å². The van der Waals surface area contributed by atoms with Crippen LogP contribution in [0.1, 0.15) is 30.6 Å². The Labute approximate surface area is 111 Å². The van der Waals surface area contributed by atoms with Crippen molar-refractivity contribution >= 4 is 23.4 Å². The first-order valence-corrected chi connectivity index (χ1v) is 6.08. The van der Waals surface area contributed by atoms with Gasteiger partial charge in [-0.05, 0) is 18.4 Å². The van der Waals surface area contributed by atoms with Crippen LogP contribution in [0.2, 0.25) is 5.02 Å². The molecule has 0 radical (unpaired) electrons. The second kappa shape index (κ2) is 6.56. The summed E-state index contributed by atoms with van der Waals surface area (Å²) >= 11 is 5.73. The maximum absolute atomic E-state index is 10.9. The van der Waals surface area contributed by atoms with Crippen LogP contribution in [0, 0.1) is 5.92 Å². The molecule has 1 aromatic rings. The van der Waals surface area contributed by atoms with Crippen LogP contribution in [0.15, 0.2) is 12.3 Å².